The second-order valence-corrected chi connectivity index (χ2v) is 17.9. The van der Waals surface area contributed by atoms with Gasteiger partial charge in [-0.3, -0.25) is 0 Å². The molecule has 4 nitrogen and oxygen atoms in total. The maximum absolute atomic E-state index is 6.72. The normalized spacial score (nSPS) is 12.0. The SMILES string of the molecule is c1ccc([Si](c2ccccc2)(c2ccccc2)c2ccc(-c3cc(-n4c5ccccc5c5ccccc54)cc4c3oc3nc5ccccc5nc34)cc2)cc1. The Morgan fingerprint density at radius 2 is 0.891 bits per heavy atom. The number of benzene rings is 8. The number of hydrogen-bond acceptors (Lipinski definition) is 3. The molecule has 0 spiro atoms. The van der Waals surface area contributed by atoms with Crippen LogP contribution in [0.3, 0.4) is 0 Å². The number of nitrogens with zero attached hydrogens (tertiary/aromatic N) is 3. The molecule has 55 heavy (non-hydrogen) atoms. The van der Waals surface area contributed by atoms with Crippen LogP contribution in [-0.2, 0) is 0 Å². The molecule has 0 unspecified atom stereocenters. The molecule has 3 aromatic heterocycles. The summed E-state index contributed by atoms with van der Waals surface area (Å²) in [5.74, 6) is 0. The molecule has 3 heterocycles. The molecule has 8 aromatic carbocycles. The topological polar surface area (TPSA) is 43.9 Å². The minimum Gasteiger partial charge on any atom is -0.436 e. The van der Waals surface area contributed by atoms with Gasteiger partial charge in [0.1, 0.15) is 11.1 Å². The summed E-state index contributed by atoms with van der Waals surface area (Å²) >= 11 is 0. The van der Waals surface area contributed by atoms with Crippen LogP contribution in [-0.4, -0.2) is 22.6 Å². The number of para-hydroxylation sites is 4. The number of hydrogen-bond donors (Lipinski definition) is 0. The van der Waals surface area contributed by atoms with E-state index < -0.39 is 8.07 Å². The van der Waals surface area contributed by atoms with E-state index in [-0.39, 0.29) is 0 Å². The lowest BCUT2D eigenvalue weighted by atomic mass is 10.0. The molecule has 0 fully saturated rings. The lowest BCUT2D eigenvalue weighted by molar-refractivity contribution is 0.656. The van der Waals surface area contributed by atoms with Crippen molar-refractivity contribution in [3.05, 3.63) is 200 Å². The third kappa shape index (κ3) is 4.84. The molecule has 11 aromatic rings. The molecule has 0 atom stereocenters. The van der Waals surface area contributed by atoms with Gasteiger partial charge in [0.05, 0.1) is 27.5 Å². The summed E-state index contributed by atoms with van der Waals surface area (Å²) in [4.78, 5) is 10.1. The van der Waals surface area contributed by atoms with Gasteiger partial charge in [0, 0.05) is 22.0 Å². The second kappa shape index (κ2) is 12.5. The van der Waals surface area contributed by atoms with Crippen LogP contribution in [0, 0.1) is 0 Å². The summed E-state index contributed by atoms with van der Waals surface area (Å²) in [5.41, 5.74) is 9.14. The molecule has 0 N–H and O–H groups in total. The Hall–Kier alpha value is -7.08. The Kier molecular flexibility index (Phi) is 7.15. The quantitative estimate of drug-likeness (QED) is 0.127. The molecule has 0 bridgehead atoms. The molecular weight excluding hydrogens is 687 g/mol. The number of fused-ring (bicyclic) bond motifs is 7. The van der Waals surface area contributed by atoms with Crippen molar-refractivity contribution in [3.8, 4) is 16.8 Å². The maximum atomic E-state index is 6.72. The van der Waals surface area contributed by atoms with E-state index in [4.69, 9.17) is 14.4 Å². The molecule has 0 amide bonds. The van der Waals surface area contributed by atoms with Crippen LogP contribution in [0.25, 0.3) is 71.9 Å². The maximum Gasteiger partial charge on any atom is 0.246 e. The van der Waals surface area contributed by atoms with Crippen molar-refractivity contribution in [3.63, 3.8) is 0 Å². The monoisotopic (exact) mass is 719 g/mol. The van der Waals surface area contributed by atoms with Gasteiger partial charge in [0.2, 0.25) is 5.71 Å². The largest absolute Gasteiger partial charge is 0.436 e. The Morgan fingerprint density at radius 3 is 1.45 bits per heavy atom. The zero-order chi connectivity index (χ0) is 36.3. The number of furan rings is 1. The van der Waals surface area contributed by atoms with Crippen LogP contribution < -0.4 is 20.7 Å². The fourth-order valence-electron chi connectivity index (χ4n) is 8.74. The van der Waals surface area contributed by atoms with Crippen molar-refractivity contribution >= 4 is 83.9 Å². The standard InChI is InChI=1S/C50H33N3OSi/c1-4-16-36(17-5-1)55(37-18-6-2-7-19-37,38-20-8-3-9-21-38)39-30-28-34(29-31-39)42-32-35(53-46-26-14-10-22-40(46)41-23-11-15-27-47(41)53)33-43-48-50(54-49(42)43)52-45-25-13-12-24-44(45)51-48/h1-33H. The Balaban J connectivity index is 1.19. The average Bonchev–Trinajstić information content (AvgIpc) is 3.79. The summed E-state index contributed by atoms with van der Waals surface area (Å²) in [7, 11) is -2.70. The predicted octanol–water partition coefficient (Wildman–Crippen LogP) is 9.67. The van der Waals surface area contributed by atoms with Gasteiger partial charge >= 0.3 is 0 Å². The van der Waals surface area contributed by atoms with Crippen LogP contribution in [0.2, 0.25) is 0 Å². The van der Waals surface area contributed by atoms with Crippen LogP contribution in [0.1, 0.15) is 0 Å². The van der Waals surface area contributed by atoms with Crippen molar-refractivity contribution in [2.75, 3.05) is 0 Å². The first-order chi connectivity index (χ1) is 27.3. The Morgan fingerprint density at radius 1 is 0.418 bits per heavy atom. The van der Waals surface area contributed by atoms with Crippen LogP contribution in [0.5, 0.6) is 0 Å². The summed E-state index contributed by atoms with van der Waals surface area (Å²) in [6, 6.07) is 72.2. The van der Waals surface area contributed by atoms with Crippen molar-refractivity contribution in [1.82, 2.24) is 14.5 Å². The summed E-state index contributed by atoms with van der Waals surface area (Å²) < 4.78 is 9.09. The lowest BCUT2D eigenvalue weighted by Crippen LogP contribution is -2.74. The molecule has 0 aliphatic rings. The van der Waals surface area contributed by atoms with Gasteiger partial charge in [-0.1, -0.05) is 164 Å². The first-order valence-corrected chi connectivity index (χ1v) is 20.7. The summed E-state index contributed by atoms with van der Waals surface area (Å²) in [6.45, 7) is 0. The van der Waals surface area contributed by atoms with Crippen molar-refractivity contribution in [2.45, 2.75) is 0 Å². The highest BCUT2D eigenvalue weighted by Crippen LogP contribution is 2.40. The predicted molar refractivity (Wildman–Crippen MR) is 230 cm³/mol. The van der Waals surface area contributed by atoms with E-state index in [1.54, 1.807) is 0 Å². The van der Waals surface area contributed by atoms with E-state index >= 15 is 0 Å². The molecule has 0 radical (unpaired) electrons. The van der Waals surface area contributed by atoms with Gasteiger partial charge in [-0.05, 0) is 62.7 Å². The van der Waals surface area contributed by atoms with Crippen molar-refractivity contribution < 1.29 is 4.42 Å². The third-order valence-corrected chi connectivity index (χ3v) is 16.0. The summed E-state index contributed by atoms with van der Waals surface area (Å²) in [5, 5.41) is 8.72. The third-order valence-electron chi connectivity index (χ3n) is 11.2. The first kappa shape index (κ1) is 31.4. The average molecular weight is 720 g/mol. The molecule has 0 aliphatic heterocycles. The van der Waals surface area contributed by atoms with Gasteiger partial charge in [0.25, 0.3) is 0 Å². The lowest BCUT2D eigenvalue weighted by Gasteiger charge is -2.34. The van der Waals surface area contributed by atoms with E-state index in [2.05, 4.69) is 180 Å². The van der Waals surface area contributed by atoms with E-state index in [1.807, 2.05) is 24.3 Å². The van der Waals surface area contributed by atoms with E-state index in [0.717, 1.165) is 55.4 Å². The highest BCUT2D eigenvalue weighted by Gasteiger charge is 2.41. The Labute approximate surface area is 318 Å². The van der Waals surface area contributed by atoms with E-state index in [1.165, 1.54) is 31.5 Å². The van der Waals surface area contributed by atoms with E-state index in [9.17, 15) is 0 Å². The molecule has 0 saturated carbocycles. The fourth-order valence-corrected chi connectivity index (χ4v) is 13.5. The zero-order valence-electron chi connectivity index (χ0n) is 29.8. The van der Waals surface area contributed by atoms with E-state index in [0.29, 0.717) is 5.71 Å². The van der Waals surface area contributed by atoms with Gasteiger partial charge < -0.3 is 8.98 Å². The molecule has 5 heteroatoms. The molecule has 0 saturated heterocycles. The number of aromatic nitrogens is 3. The van der Waals surface area contributed by atoms with Crippen LogP contribution >= 0.6 is 0 Å². The zero-order valence-corrected chi connectivity index (χ0v) is 30.8. The minimum atomic E-state index is -2.70. The van der Waals surface area contributed by atoms with Crippen LogP contribution in [0.15, 0.2) is 205 Å². The molecule has 0 aliphatic carbocycles. The highest BCUT2D eigenvalue weighted by molar-refractivity contribution is 7.19. The Bertz CT molecular complexity index is 3040. The number of rotatable bonds is 6. The smallest absolute Gasteiger partial charge is 0.246 e. The van der Waals surface area contributed by atoms with Gasteiger partial charge in [-0.25, -0.2) is 9.97 Å². The molecular formula is C50H33N3OSi. The first-order valence-electron chi connectivity index (χ1n) is 18.7. The van der Waals surface area contributed by atoms with Crippen LogP contribution in [0.4, 0.5) is 0 Å². The molecule has 258 valence electrons. The second-order valence-electron chi connectivity index (χ2n) is 14.1. The fraction of sp³-hybridized carbons (Fsp3) is 0. The van der Waals surface area contributed by atoms with Crippen molar-refractivity contribution in [2.24, 2.45) is 0 Å². The van der Waals surface area contributed by atoms with Crippen molar-refractivity contribution in [1.29, 1.82) is 0 Å². The minimum absolute atomic E-state index is 0.537. The van der Waals surface area contributed by atoms with Gasteiger partial charge in [-0.15, -0.1) is 0 Å². The summed E-state index contributed by atoms with van der Waals surface area (Å²) in [6.07, 6.45) is 0. The van der Waals surface area contributed by atoms with Gasteiger partial charge in [-0.2, -0.15) is 0 Å². The highest BCUT2D eigenvalue weighted by atomic mass is 28.3. The molecule has 11 rings (SSSR count). The van der Waals surface area contributed by atoms with Gasteiger partial charge in [0.15, 0.2) is 8.07 Å².